The van der Waals surface area contributed by atoms with Crippen LogP contribution >= 0.6 is 0 Å². The molecule has 4 aromatic carbocycles. The molecular formula is C48H44O18. The van der Waals surface area contributed by atoms with Gasteiger partial charge in [-0.15, -0.1) is 0 Å². The van der Waals surface area contributed by atoms with Crippen LogP contribution in [0.15, 0.2) is 84.9 Å². The number of benzene rings is 4. The van der Waals surface area contributed by atoms with Crippen molar-refractivity contribution in [2.75, 3.05) is 52.9 Å². The van der Waals surface area contributed by atoms with Crippen LogP contribution in [-0.2, 0) is 38.0 Å². The lowest BCUT2D eigenvalue weighted by Crippen LogP contribution is -2.30. The Morgan fingerprint density at radius 2 is 0.742 bits per heavy atom. The van der Waals surface area contributed by atoms with E-state index in [1.54, 1.807) is 24.3 Å². The van der Waals surface area contributed by atoms with Gasteiger partial charge in [-0.3, -0.25) is 9.59 Å². The van der Waals surface area contributed by atoms with Crippen LogP contribution in [0.3, 0.4) is 0 Å². The Bertz CT molecular complexity index is 2270. The molecule has 5 fully saturated rings. The minimum absolute atomic E-state index is 0.0102. The van der Waals surface area contributed by atoms with Gasteiger partial charge in [0, 0.05) is 0 Å². The van der Waals surface area contributed by atoms with E-state index in [2.05, 4.69) is 0 Å². The smallest absolute Gasteiger partial charge is 0.343 e. The van der Waals surface area contributed by atoms with Crippen molar-refractivity contribution in [3.05, 3.63) is 107 Å². The van der Waals surface area contributed by atoms with Gasteiger partial charge in [-0.2, -0.15) is 0 Å². The minimum atomic E-state index is -0.809. The van der Waals surface area contributed by atoms with E-state index in [1.165, 1.54) is 60.7 Å². The second kappa shape index (κ2) is 20.1. The highest BCUT2D eigenvalue weighted by atomic mass is 16.6. The van der Waals surface area contributed by atoms with Gasteiger partial charge in [-0.1, -0.05) is 0 Å². The second-order valence-electron chi connectivity index (χ2n) is 16.2. The lowest BCUT2D eigenvalue weighted by Gasteiger charge is -2.26. The zero-order chi connectivity index (χ0) is 45.6. The van der Waals surface area contributed by atoms with E-state index >= 15 is 0 Å². The van der Waals surface area contributed by atoms with Crippen LogP contribution in [0, 0.1) is 11.8 Å². The lowest BCUT2D eigenvalue weighted by atomic mass is 9.82. The number of epoxide rings is 4. The molecule has 0 N–H and O–H groups in total. The first-order valence-corrected chi connectivity index (χ1v) is 21.5. The summed E-state index contributed by atoms with van der Waals surface area (Å²) in [5.74, 6) is -4.47. The number of hydrogen-bond acceptors (Lipinski definition) is 18. The average molecular weight is 909 g/mol. The molecule has 4 atom stereocenters. The zero-order valence-corrected chi connectivity index (χ0v) is 35.4. The predicted octanol–water partition coefficient (Wildman–Crippen LogP) is 5.11. The fourth-order valence-corrected chi connectivity index (χ4v) is 6.83. The fraction of sp³-hybridized carbons (Fsp3) is 0.375. The maximum atomic E-state index is 13.4. The molecule has 4 aliphatic heterocycles. The Hall–Kier alpha value is -6.86. The molecule has 4 saturated heterocycles. The van der Waals surface area contributed by atoms with Gasteiger partial charge < -0.3 is 56.8 Å². The number of hydrogen-bond donors (Lipinski definition) is 0. The molecule has 18 heteroatoms. The van der Waals surface area contributed by atoms with E-state index in [0.29, 0.717) is 76.8 Å². The standard InChI is InChI=1S/C48H44O18/c49-43(63-33-13-15-41(39(17-33)47(53)61-25-37-23-59-37)65-45(51)29-5-9-31(10-6-29)55-19-35-21-57-35)27-1-2-28(4-3-27)44(50)64-34-14-16-42(40(18-34)48(54)62-26-38-24-60-38)66-46(52)30-7-11-32(12-8-30)56-20-36-22-58-36/h5-18,27-28,35-38H,1-4,19-26H2/t27?,28?,35-,36?,37+,38?/m1/s1. The molecule has 1 saturated carbocycles. The SMILES string of the molecule is O=C(Oc1ccc(OC(=O)C2CCC(C(=O)Oc3ccc(OC(=O)c4ccc(OC[C@@H]5CO5)cc4)c(C(=O)OC[C@@H]4CO4)c3)CC2)cc1C(=O)OCC1CO1)c1ccc(OCC2CO2)cc1. The van der Waals surface area contributed by atoms with Crippen LogP contribution < -0.4 is 28.4 Å². The van der Waals surface area contributed by atoms with Crippen LogP contribution in [0.1, 0.15) is 67.1 Å². The Kier molecular flexibility index (Phi) is 13.5. The van der Waals surface area contributed by atoms with Crippen LogP contribution in [0.5, 0.6) is 34.5 Å². The summed E-state index contributed by atoms with van der Waals surface area (Å²) in [4.78, 5) is 79.4. The Morgan fingerprint density at radius 3 is 1.09 bits per heavy atom. The van der Waals surface area contributed by atoms with Crippen molar-refractivity contribution in [1.29, 1.82) is 0 Å². The third-order valence-electron chi connectivity index (χ3n) is 11.0. The van der Waals surface area contributed by atoms with Gasteiger partial charge in [0.15, 0.2) is 0 Å². The summed E-state index contributed by atoms with van der Waals surface area (Å²) in [6.45, 7) is 2.98. The largest absolute Gasteiger partial charge is 0.491 e. The Labute approximate surface area is 377 Å². The quantitative estimate of drug-likeness (QED) is 0.0638. The third-order valence-corrected chi connectivity index (χ3v) is 11.0. The van der Waals surface area contributed by atoms with Gasteiger partial charge in [-0.05, 0) is 111 Å². The lowest BCUT2D eigenvalue weighted by molar-refractivity contribution is -0.145. The van der Waals surface area contributed by atoms with Gasteiger partial charge >= 0.3 is 35.8 Å². The molecular weight excluding hydrogens is 865 g/mol. The van der Waals surface area contributed by atoms with Crippen molar-refractivity contribution >= 4 is 35.8 Å². The van der Waals surface area contributed by atoms with E-state index in [0.717, 1.165) is 0 Å². The summed E-state index contributed by atoms with van der Waals surface area (Å²) >= 11 is 0. The van der Waals surface area contributed by atoms with Crippen molar-refractivity contribution < 1.29 is 85.6 Å². The molecule has 4 aromatic rings. The molecule has 0 aromatic heterocycles. The highest BCUT2D eigenvalue weighted by Gasteiger charge is 2.34. The first-order valence-electron chi connectivity index (χ1n) is 21.5. The molecule has 344 valence electrons. The minimum Gasteiger partial charge on any atom is -0.491 e. The summed E-state index contributed by atoms with van der Waals surface area (Å²) in [6.07, 6.45) is 0.858. The molecule has 1 aliphatic carbocycles. The Balaban J connectivity index is 0.794. The molecule has 9 rings (SSSR count). The van der Waals surface area contributed by atoms with E-state index in [-0.39, 0.29) is 82.9 Å². The normalized spacial score (nSPS) is 22.1. The summed E-state index contributed by atoms with van der Waals surface area (Å²) in [5.41, 5.74) is 0.133. The van der Waals surface area contributed by atoms with Gasteiger partial charge in [0.25, 0.3) is 0 Å². The molecule has 0 amide bonds. The van der Waals surface area contributed by atoms with Gasteiger partial charge in [0.1, 0.15) is 96.5 Å². The van der Waals surface area contributed by atoms with Crippen LogP contribution in [0.4, 0.5) is 0 Å². The number of esters is 6. The van der Waals surface area contributed by atoms with Crippen LogP contribution in [0.25, 0.3) is 0 Å². The zero-order valence-electron chi connectivity index (χ0n) is 35.4. The highest BCUT2D eigenvalue weighted by Crippen LogP contribution is 2.34. The molecule has 5 aliphatic rings. The van der Waals surface area contributed by atoms with Gasteiger partial charge in [0.2, 0.25) is 0 Å². The summed E-state index contributed by atoms with van der Waals surface area (Å²) < 4.78 is 65.2. The van der Waals surface area contributed by atoms with Crippen LogP contribution in [0.2, 0.25) is 0 Å². The molecule has 0 spiro atoms. The predicted molar refractivity (Wildman–Crippen MR) is 223 cm³/mol. The molecule has 66 heavy (non-hydrogen) atoms. The molecule has 0 bridgehead atoms. The van der Waals surface area contributed by atoms with Gasteiger partial charge in [0.05, 0.1) is 49.4 Å². The monoisotopic (exact) mass is 908 g/mol. The molecule has 2 unspecified atom stereocenters. The Morgan fingerprint density at radius 1 is 0.409 bits per heavy atom. The molecule has 0 radical (unpaired) electrons. The first-order chi connectivity index (χ1) is 32.1. The third kappa shape index (κ3) is 12.3. The van der Waals surface area contributed by atoms with Crippen molar-refractivity contribution in [2.24, 2.45) is 11.8 Å². The fourth-order valence-electron chi connectivity index (χ4n) is 6.83. The maximum Gasteiger partial charge on any atom is 0.343 e. The van der Waals surface area contributed by atoms with Crippen molar-refractivity contribution in [3.8, 4) is 34.5 Å². The van der Waals surface area contributed by atoms with E-state index < -0.39 is 47.7 Å². The van der Waals surface area contributed by atoms with E-state index in [1.807, 2.05) is 0 Å². The summed E-state index contributed by atoms with van der Waals surface area (Å²) in [5, 5.41) is 0. The van der Waals surface area contributed by atoms with Crippen molar-refractivity contribution in [2.45, 2.75) is 50.1 Å². The first kappa shape index (κ1) is 44.3. The van der Waals surface area contributed by atoms with Crippen molar-refractivity contribution in [3.63, 3.8) is 0 Å². The van der Waals surface area contributed by atoms with Crippen LogP contribution in [-0.4, -0.2) is 113 Å². The van der Waals surface area contributed by atoms with Crippen molar-refractivity contribution in [1.82, 2.24) is 0 Å². The topological polar surface area (TPSA) is 226 Å². The number of rotatable bonds is 20. The molecule has 4 heterocycles. The second-order valence-corrected chi connectivity index (χ2v) is 16.2. The van der Waals surface area contributed by atoms with E-state index in [9.17, 15) is 28.8 Å². The number of carbonyl (C=O) groups excluding carboxylic acids is 6. The summed E-state index contributed by atoms with van der Waals surface area (Å²) in [7, 11) is 0. The molecule has 18 nitrogen and oxygen atoms in total. The average Bonchev–Trinajstić information content (AvgIpc) is 4.12. The summed E-state index contributed by atoms with van der Waals surface area (Å²) in [6, 6.07) is 20.6. The maximum absolute atomic E-state index is 13.4. The van der Waals surface area contributed by atoms with Gasteiger partial charge in [-0.25, -0.2) is 19.2 Å². The van der Waals surface area contributed by atoms with E-state index in [4.69, 9.17) is 56.8 Å². The number of carbonyl (C=O) groups is 6. The number of ether oxygens (including phenoxy) is 12. The highest BCUT2D eigenvalue weighted by molar-refractivity contribution is 5.98.